The summed E-state index contributed by atoms with van der Waals surface area (Å²) in [6, 6.07) is 15.0. The van der Waals surface area contributed by atoms with Gasteiger partial charge in [0.15, 0.2) is 0 Å². The highest BCUT2D eigenvalue weighted by Crippen LogP contribution is 2.39. The summed E-state index contributed by atoms with van der Waals surface area (Å²) in [6.45, 7) is 1.91. The van der Waals surface area contributed by atoms with E-state index in [1.54, 1.807) is 55.6 Å². The van der Waals surface area contributed by atoms with Crippen LogP contribution in [0, 0.1) is 6.92 Å². The summed E-state index contributed by atoms with van der Waals surface area (Å²) in [5, 5.41) is 1.13. The van der Waals surface area contributed by atoms with Gasteiger partial charge in [0.2, 0.25) is 0 Å². The highest BCUT2D eigenvalue weighted by Gasteiger charge is 2.30. The number of hydrogen-bond donors (Lipinski definition) is 0. The molecule has 0 bridgehead atoms. The Labute approximate surface area is 145 Å². The van der Waals surface area contributed by atoms with Crippen LogP contribution in [0.15, 0.2) is 59.5 Å². The molecule has 0 aliphatic carbocycles. The third-order valence-corrected chi connectivity index (χ3v) is 5.68. The van der Waals surface area contributed by atoms with Crippen LogP contribution in [0.1, 0.15) is 15.9 Å². The molecule has 1 aliphatic rings. The third-order valence-electron chi connectivity index (χ3n) is 4.37. The lowest BCUT2D eigenvalue weighted by Gasteiger charge is -2.12. The third kappa shape index (κ3) is 2.37. The van der Waals surface area contributed by atoms with Crippen LogP contribution >= 0.6 is 0 Å². The monoisotopic (exact) mass is 353 g/mol. The molecule has 0 spiro atoms. The number of carbonyl (C=O) groups excluding carboxylic acids is 1. The van der Waals surface area contributed by atoms with Gasteiger partial charge in [-0.1, -0.05) is 29.8 Å². The van der Waals surface area contributed by atoms with Gasteiger partial charge in [-0.2, -0.15) is 8.42 Å². The zero-order valence-electron chi connectivity index (χ0n) is 13.7. The Balaban J connectivity index is 1.88. The zero-order valence-corrected chi connectivity index (χ0v) is 14.5. The van der Waals surface area contributed by atoms with Gasteiger partial charge in [-0.05, 0) is 37.3 Å². The van der Waals surface area contributed by atoms with Crippen molar-refractivity contribution in [1.29, 1.82) is 0 Å². The van der Waals surface area contributed by atoms with E-state index in [2.05, 4.69) is 0 Å². The van der Waals surface area contributed by atoms with Gasteiger partial charge in [-0.3, -0.25) is 4.79 Å². The molecule has 1 heterocycles. The Morgan fingerprint density at radius 1 is 0.960 bits per heavy atom. The van der Waals surface area contributed by atoms with Crippen molar-refractivity contribution in [2.24, 2.45) is 0 Å². The minimum atomic E-state index is -4.02. The van der Waals surface area contributed by atoms with E-state index >= 15 is 0 Å². The van der Waals surface area contributed by atoms with Gasteiger partial charge in [0.1, 0.15) is 10.6 Å². The number of amides is 1. The topological polar surface area (TPSA) is 63.7 Å². The number of rotatable bonds is 3. The van der Waals surface area contributed by atoms with E-state index in [4.69, 9.17) is 4.18 Å². The molecule has 25 heavy (non-hydrogen) atoms. The maximum absolute atomic E-state index is 12.8. The molecule has 0 saturated heterocycles. The van der Waals surface area contributed by atoms with Crippen molar-refractivity contribution in [2.75, 3.05) is 11.9 Å². The van der Waals surface area contributed by atoms with Crippen molar-refractivity contribution < 1.29 is 17.4 Å². The first-order valence-electron chi connectivity index (χ1n) is 7.73. The molecule has 3 aromatic rings. The molecule has 4 rings (SSSR count). The van der Waals surface area contributed by atoms with E-state index in [1.165, 1.54) is 11.0 Å². The molecule has 0 N–H and O–H groups in total. The lowest BCUT2D eigenvalue weighted by Crippen LogP contribution is -2.20. The first-order valence-corrected chi connectivity index (χ1v) is 9.14. The maximum atomic E-state index is 12.8. The summed E-state index contributed by atoms with van der Waals surface area (Å²) < 4.78 is 30.9. The Kier molecular flexibility index (Phi) is 3.33. The SMILES string of the molecule is Cc1ccc(OS(=O)(=O)c2ccc3c4c(cccc24)C(=O)N3C)cc1. The molecule has 0 saturated carbocycles. The minimum absolute atomic E-state index is 0.0526. The van der Waals surface area contributed by atoms with Crippen LogP contribution in [-0.4, -0.2) is 21.4 Å². The number of aryl methyl sites for hydroxylation is 1. The van der Waals surface area contributed by atoms with Gasteiger partial charge in [0.25, 0.3) is 5.91 Å². The van der Waals surface area contributed by atoms with Gasteiger partial charge in [-0.15, -0.1) is 0 Å². The van der Waals surface area contributed by atoms with E-state index in [1.807, 2.05) is 6.92 Å². The smallest absolute Gasteiger partial charge is 0.339 e. The molecule has 3 aromatic carbocycles. The number of hydrogen-bond acceptors (Lipinski definition) is 4. The fraction of sp³-hybridized carbons (Fsp3) is 0.105. The van der Waals surface area contributed by atoms with Gasteiger partial charge in [-0.25, -0.2) is 0 Å². The Hall–Kier alpha value is -2.86. The predicted molar refractivity (Wildman–Crippen MR) is 95.7 cm³/mol. The number of nitrogens with zero attached hydrogens (tertiary/aromatic N) is 1. The molecule has 0 aromatic heterocycles. The fourth-order valence-electron chi connectivity index (χ4n) is 3.09. The maximum Gasteiger partial charge on any atom is 0.339 e. The number of benzene rings is 3. The van der Waals surface area contributed by atoms with Gasteiger partial charge in [0, 0.05) is 23.4 Å². The van der Waals surface area contributed by atoms with E-state index in [0.29, 0.717) is 22.0 Å². The van der Waals surface area contributed by atoms with Crippen molar-refractivity contribution >= 4 is 32.5 Å². The molecule has 0 atom stereocenters. The molecule has 1 amide bonds. The number of carbonyl (C=O) groups is 1. The zero-order chi connectivity index (χ0) is 17.8. The fourth-order valence-corrected chi connectivity index (χ4v) is 4.22. The van der Waals surface area contributed by atoms with Crippen LogP contribution in [0.3, 0.4) is 0 Å². The molecule has 0 fully saturated rings. The Morgan fingerprint density at radius 3 is 2.40 bits per heavy atom. The molecule has 0 unspecified atom stereocenters. The normalized spacial score (nSPS) is 13.5. The van der Waals surface area contributed by atoms with E-state index in [-0.39, 0.29) is 16.6 Å². The average molecular weight is 353 g/mol. The summed E-state index contributed by atoms with van der Waals surface area (Å²) in [7, 11) is -2.35. The summed E-state index contributed by atoms with van der Waals surface area (Å²) in [5.74, 6) is 0.108. The minimum Gasteiger partial charge on any atom is -0.379 e. The standard InChI is InChI=1S/C19H15NO4S/c1-12-6-8-13(9-7-12)24-25(22,23)17-11-10-16-18-14(17)4-3-5-15(18)19(21)20(16)2/h3-11H,1-2H3. The second kappa shape index (κ2) is 5.32. The first-order chi connectivity index (χ1) is 11.9. The van der Waals surface area contributed by atoms with Crippen LogP contribution in [0.25, 0.3) is 10.8 Å². The number of anilines is 1. The molecule has 1 aliphatic heterocycles. The van der Waals surface area contributed by atoms with E-state index in [9.17, 15) is 13.2 Å². The van der Waals surface area contributed by atoms with E-state index < -0.39 is 10.1 Å². The average Bonchev–Trinajstić information content (AvgIpc) is 2.84. The second-order valence-electron chi connectivity index (χ2n) is 6.03. The van der Waals surface area contributed by atoms with Crippen molar-refractivity contribution in [3.8, 4) is 5.75 Å². The Morgan fingerprint density at radius 2 is 1.68 bits per heavy atom. The summed E-state index contributed by atoms with van der Waals surface area (Å²) in [6.07, 6.45) is 0. The molecule has 0 radical (unpaired) electrons. The van der Waals surface area contributed by atoms with Crippen molar-refractivity contribution in [1.82, 2.24) is 0 Å². The molecule has 6 heteroatoms. The lowest BCUT2D eigenvalue weighted by atomic mass is 10.1. The highest BCUT2D eigenvalue weighted by atomic mass is 32.2. The van der Waals surface area contributed by atoms with Crippen LogP contribution in [0.5, 0.6) is 5.75 Å². The van der Waals surface area contributed by atoms with Crippen LogP contribution in [0.4, 0.5) is 5.69 Å². The summed E-state index contributed by atoms with van der Waals surface area (Å²) in [5.41, 5.74) is 2.21. The van der Waals surface area contributed by atoms with Crippen molar-refractivity contribution in [3.05, 3.63) is 65.7 Å². The predicted octanol–water partition coefficient (Wildman–Crippen LogP) is 3.51. The van der Waals surface area contributed by atoms with Crippen LogP contribution in [-0.2, 0) is 10.1 Å². The second-order valence-corrected chi connectivity index (χ2v) is 7.54. The summed E-state index contributed by atoms with van der Waals surface area (Å²) in [4.78, 5) is 13.9. The molecule has 126 valence electrons. The van der Waals surface area contributed by atoms with Gasteiger partial charge < -0.3 is 9.08 Å². The molecule has 5 nitrogen and oxygen atoms in total. The van der Waals surface area contributed by atoms with Crippen molar-refractivity contribution in [2.45, 2.75) is 11.8 Å². The highest BCUT2D eigenvalue weighted by molar-refractivity contribution is 7.87. The van der Waals surface area contributed by atoms with Crippen molar-refractivity contribution in [3.63, 3.8) is 0 Å². The van der Waals surface area contributed by atoms with Gasteiger partial charge >= 0.3 is 10.1 Å². The largest absolute Gasteiger partial charge is 0.379 e. The first kappa shape index (κ1) is 15.7. The molecular weight excluding hydrogens is 338 g/mol. The Bertz CT molecular complexity index is 1120. The quantitative estimate of drug-likeness (QED) is 0.676. The van der Waals surface area contributed by atoms with E-state index in [0.717, 1.165) is 5.56 Å². The van der Waals surface area contributed by atoms with Crippen LogP contribution < -0.4 is 9.08 Å². The lowest BCUT2D eigenvalue weighted by molar-refractivity contribution is 0.0999. The van der Waals surface area contributed by atoms with Crippen LogP contribution in [0.2, 0.25) is 0 Å². The summed E-state index contributed by atoms with van der Waals surface area (Å²) >= 11 is 0. The molecular formula is C19H15NO4S. The van der Waals surface area contributed by atoms with Gasteiger partial charge in [0.05, 0.1) is 5.69 Å².